The highest BCUT2D eigenvalue weighted by Crippen LogP contribution is 2.29. The third kappa shape index (κ3) is 3.83. The van der Waals surface area contributed by atoms with E-state index in [-0.39, 0.29) is 12.5 Å². The van der Waals surface area contributed by atoms with Gasteiger partial charge < -0.3 is 10.4 Å². The standard InChI is InChI=1S/C15H23N3O3/c1-2-5-11(15(20)21)10-16-14(19)13-8-9-17-18(13)12-6-3-4-7-12/h8-9,11-12H,2-7,10H2,1H3,(H,16,19)(H,20,21). The molecular weight excluding hydrogens is 270 g/mol. The fourth-order valence-corrected chi connectivity index (χ4v) is 2.90. The lowest BCUT2D eigenvalue weighted by Crippen LogP contribution is -2.34. The average Bonchev–Trinajstić information content (AvgIpc) is 3.11. The molecule has 1 aromatic heterocycles. The van der Waals surface area contributed by atoms with E-state index in [1.165, 1.54) is 12.8 Å². The smallest absolute Gasteiger partial charge is 0.308 e. The Morgan fingerprint density at radius 3 is 2.81 bits per heavy atom. The Balaban J connectivity index is 1.97. The number of amides is 1. The molecule has 1 atom stereocenters. The van der Waals surface area contributed by atoms with Crippen LogP contribution in [0.2, 0.25) is 0 Å². The van der Waals surface area contributed by atoms with Gasteiger partial charge in [0.2, 0.25) is 0 Å². The van der Waals surface area contributed by atoms with Crippen molar-refractivity contribution in [3.05, 3.63) is 18.0 Å². The molecule has 6 nitrogen and oxygen atoms in total. The minimum atomic E-state index is -0.860. The first-order valence-corrected chi connectivity index (χ1v) is 7.68. The molecule has 2 rings (SSSR count). The van der Waals surface area contributed by atoms with Crippen molar-refractivity contribution < 1.29 is 14.7 Å². The van der Waals surface area contributed by atoms with Crippen molar-refractivity contribution in [1.82, 2.24) is 15.1 Å². The Kier molecular flexibility index (Phi) is 5.36. The molecule has 0 bridgehead atoms. The summed E-state index contributed by atoms with van der Waals surface area (Å²) in [7, 11) is 0. The molecule has 1 heterocycles. The zero-order valence-corrected chi connectivity index (χ0v) is 12.4. The summed E-state index contributed by atoms with van der Waals surface area (Å²) in [5.74, 6) is -1.62. The summed E-state index contributed by atoms with van der Waals surface area (Å²) in [5, 5.41) is 16.1. The van der Waals surface area contributed by atoms with Crippen LogP contribution in [0.25, 0.3) is 0 Å². The first kappa shape index (κ1) is 15.5. The average molecular weight is 293 g/mol. The van der Waals surface area contributed by atoms with Crippen LogP contribution in [0.1, 0.15) is 62.0 Å². The monoisotopic (exact) mass is 293 g/mol. The molecular formula is C15H23N3O3. The number of rotatable bonds is 7. The Morgan fingerprint density at radius 2 is 2.19 bits per heavy atom. The van der Waals surface area contributed by atoms with E-state index >= 15 is 0 Å². The maximum Gasteiger partial charge on any atom is 0.308 e. The molecule has 0 spiro atoms. The van der Waals surface area contributed by atoms with Crippen LogP contribution in [0.4, 0.5) is 0 Å². The van der Waals surface area contributed by atoms with Gasteiger partial charge >= 0.3 is 5.97 Å². The molecule has 6 heteroatoms. The predicted molar refractivity (Wildman–Crippen MR) is 78.1 cm³/mol. The van der Waals surface area contributed by atoms with Crippen LogP contribution in [-0.2, 0) is 4.79 Å². The van der Waals surface area contributed by atoms with Crippen molar-refractivity contribution >= 4 is 11.9 Å². The van der Waals surface area contributed by atoms with Gasteiger partial charge in [-0.25, -0.2) is 0 Å². The molecule has 116 valence electrons. The van der Waals surface area contributed by atoms with Gasteiger partial charge in [-0.1, -0.05) is 26.2 Å². The first-order valence-electron chi connectivity index (χ1n) is 7.68. The van der Waals surface area contributed by atoms with Crippen LogP contribution < -0.4 is 5.32 Å². The second kappa shape index (κ2) is 7.24. The Bertz CT molecular complexity index is 492. The van der Waals surface area contributed by atoms with Crippen LogP contribution in [0.15, 0.2) is 12.3 Å². The van der Waals surface area contributed by atoms with E-state index in [2.05, 4.69) is 10.4 Å². The number of carboxylic acids is 1. The number of carbonyl (C=O) groups is 2. The zero-order valence-electron chi connectivity index (χ0n) is 12.4. The molecule has 1 fully saturated rings. The Labute approximate surface area is 124 Å². The largest absolute Gasteiger partial charge is 0.481 e. The molecule has 0 radical (unpaired) electrons. The minimum Gasteiger partial charge on any atom is -0.481 e. The molecule has 1 amide bonds. The van der Waals surface area contributed by atoms with Crippen LogP contribution in [0.5, 0.6) is 0 Å². The number of hydrogen-bond donors (Lipinski definition) is 2. The molecule has 1 unspecified atom stereocenters. The molecule has 1 aliphatic rings. The summed E-state index contributed by atoms with van der Waals surface area (Å²) in [6.07, 6.45) is 7.43. The van der Waals surface area contributed by atoms with E-state index in [4.69, 9.17) is 5.11 Å². The molecule has 1 saturated carbocycles. The fourth-order valence-electron chi connectivity index (χ4n) is 2.90. The van der Waals surface area contributed by atoms with E-state index in [1.54, 1.807) is 16.9 Å². The first-order chi connectivity index (χ1) is 10.1. The van der Waals surface area contributed by atoms with Gasteiger partial charge in [0.1, 0.15) is 5.69 Å². The predicted octanol–water partition coefficient (Wildman–Crippen LogP) is 2.23. The van der Waals surface area contributed by atoms with Gasteiger partial charge in [0.25, 0.3) is 5.91 Å². The van der Waals surface area contributed by atoms with Crippen molar-refractivity contribution in [1.29, 1.82) is 0 Å². The van der Waals surface area contributed by atoms with Gasteiger partial charge in [-0.15, -0.1) is 0 Å². The van der Waals surface area contributed by atoms with Gasteiger partial charge in [0.15, 0.2) is 0 Å². The number of carbonyl (C=O) groups excluding carboxylic acids is 1. The maximum atomic E-state index is 12.2. The lowest BCUT2D eigenvalue weighted by atomic mass is 10.0. The fraction of sp³-hybridized carbons (Fsp3) is 0.667. The quantitative estimate of drug-likeness (QED) is 0.807. The van der Waals surface area contributed by atoms with Gasteiger partial charge in [0.05, 0.1) is 12.0 Å². The highest BCUT2D eigenvalue weighted by atomic mass is 16.4. The summed E-state index contributed by atoms with van der Waals surface area (Å²) in [6.45, 7) is 2.10. The van der Waals surface area contributed by atoms with Gasteiger partial charge in [0, 0.05) is 12.7 Å². The van der Waals surface area contributed by atoms with E-state index in [1.807, 2.05) is 6.92 Å². The van der Waals surface area contributed by atoms with Crippen molar-refractivity contribution in [2.75, 3.05) is 6.54 Å². The summed E-state index contributed by atoms with van der Waals surface area (Å²) < 4.78 is 1.79. The zero-order chi connectivity index (χ0) is 15.2. The maximum absolute atomic E-state index is 12.2. The number of hydrogen-bond acceptors (Lipinski definition) is 3. The molecule has 1 aromatic rings. The highest BCUT2D eigenvalue weighted by molar-refractivity contribution is 5.92. The molecule has 0 aliphatic heterocycles. The molecule has 0 saturated heterocycles. The van der Waals surface area contributed by atoms with Crippen LogP contribution in [0, 0.1) is 5.92 Å². The number of aromatic nitrogens is 2. The summed E-state index contributed by atoms with van der Waals surface area (Å²) in [4.78, 5) is 23.3. The SMILES string of the molecule is CCCC(CNC(=O)c1ccnn1C1CCCC1)C(=O)O. The lowest BCUT2D eigenvalue weighted by molar-refractivity contribution is -0.141. The van der Waals surface area contributed by atoms with E-state index in [0.29, 0.717) is 18.2 Å². The van der Waals surface area contributed by atoms with Gasteiger partial charge in [-0.2, -0.15) is 5.10 Å². The number of nitrogens with zero attached hydrogens (tertiary/aromatic N) is 2. The Hall–Kier alpha value is -1.85. The van der Waals surface area contributed by atoms with Crippen molar-refractivity contribution in [3.63, 3.8) is 0 Å². The summed E-state index contributed by atoms with van der Waals surface area (Å²) in [5.41, 5.74) is 0.530. The van der Waals surface area contributed by atoms with Crippen LogP contribution in [0.3, 0.4) is 0 Å². The topological polar surface area (TPSA) is 84.2 Å². The molecule has 1 aliphatic carbocycles. The van der Waals surface area contributed by atoms with Crippen molar-refractivity contribution in [3.8, 4) is 0 Å². The number of nitrogens with one attached hydrogen (secondary N) is 1. The normalized spacial score (nSPS) is 16.8. The highest BCUT2D eigenvalue weighted by Gasteiger charge is 2.23. The number of aliphatic carboxylic acids is 1. The second-order valence-electron chi connectivity index (χ2n) is 5.63. The molecule has 0 aromatic carbocycles. The minimum absolute atomic E-state index is 0.165. The van der Waals surface area contributed by atoms with Crippen molar-refractivity contribution in [2.24, 2.45) is 5.92 Å². The van der Waals surface area contributed by atoms with Crippen LogP contribution in [-0.4, -0.2) is 33.3 Å². The summed E-state index contributed by atoms with van der Waals surface area (Å²) in [6, 6.07) is 2.00. The third-order valence-electron chi connectivity index (χ3n) is 4.07. The van der Waals surface area contributed by atoms with E-state index < -0.39 is 11.9 Å². The summed E-state index contributed by atoms with van der Waals surface area (Å²) >= 11 is 0. The Morgan fingerprint density at radius 1 is 1.48 bits per heavy atom. The van der Waals surface area contributed by atoms with E-state index in [0.717, 1.165) is 19.3 Å². The number of carboxylic acid groups (broad SMARTS) is 1. The molecule has 2 N–H and O–H groups in total. The third-order valence-corrected chi connectivity index (χ3v) is 4.07. The second-order valence-corrected chi connectivity index (χ2v) is 5.63. The van der Waals surface area contributed by atoms with Crippen molar-refractivity contribution in [2.45, 2.75) is 51.5 Å². The van der Waals surface area contributed by atoms with Gasteiger partial charge in [-0.3, -0.25) is 14.3 Å². The molecule has 21 heavy (non-hydrogen) atoms. The van der Waals surface area contributed by atoms with Gasteiger partial charge in [-0.05, 0) is 25.3 Å². The van der Waals surface area contributed by atoms with Crippen LogP contribution >= 0.6 is 0 Å². The lowest BCUT2D eigenvalue weighted by Gasteiger charge is -2.15. The van der Waals surface area contributed by atoms with E-state index in [9.17, 15) is 9.59 Å².